The maximum Gasteiger partial charge on any atom is 0.251 e. The van der Waals surface area contributed by atoms with Crippen molar-refractivity contribution in [3.8, 4) is 0 Å². The first-order valence-corrected chi connectivity index (χ1v) is 10.1. The third kappa shape index (κ3) is 4.80. The molecule has 140 valence electrons. The third-order valence-electron chi connectivity index (χ3n) is 4.48. The molecule has 7 heteroatoms. The minimum Gasteiger partial charge on any atom is -0.373 e. The topological polar surface area (TPSA) is 75.7 Å². The van der Waals surface area contributed by atoms with E-state index in [0.717, 1.165) is 0 Å². The minimum atomic E-state index is -3.66. The normalized spacial score (nSPS) is 23.4. The lowest BCUT2D eigenvalue weighted by Gasteiger charge is -2.34. The predicted molar refractivity (Wildman–Crippen MR) is 97.0 cm³/mol. The summed E-state index contributed by atoms with van der Waals surface area (Å²) >= 11 is 0. The summed E-state index contributed by atoms with van der Waals surface area (Å²) in [6.07, 6.45) is -0.311. The van der Waals surface area contributed by atoms with Crippen molar-refractivity contribution in [1.29, 1.82) is 0 Å². The molecule has 0 aromatic heterocycles. The van der Waals surface area contributed by atoms with Crippen molar-refractivity contribution in [2.45, 2.75) is 57.8 Å². The number of sulfonamides is 1. The molecule has 2 rings (SSSR count). The van der Waals surface area contributed by atoms with E-state index in [1.165, 1.54) is 16.4 Å². The van der Waals surface area contributed by atoms with Crippen LogP contribution in [0.1, 0.15) is 45.0 Å². The molecule has 1 heterocycles. The molecule has 0 spiro atoms. The highest BCUT2D eigenvalue weighted by atomic mass is 32.2. The Morgan fingerprint density at radius 2 is 1.80 bits per heavy atom. The Balaban J connectivity index is 2.23. The highest BCUT2D eigenvalue weighted by molar-refractivity contribution is 7.89. The van der Waals surface area contributed by atoms with Crippen molar-refractivity contribution in [2.24, 2.45) is 5.92 Å². The van der Waals surface area contributed by atoms with Gasteiger partial charge < -0.3 is 10.1 Å². The summed E-state index contributed by atoms with van der Waals surface area (Å²) < 4.78 is 32.9. The van der Waals surface area contributed by atoms with Gasteiger partial charge in [0.1, 0.15) is 0 Å². The van der Waals surface area contributed by atoms with E-state index >= 15 is 0 Å². The average molecular weight is 368 g/mol. The molecule has 1 aromatic rings. The molecule has 0 aliphatic carbocycles. The van der Waals surface area contributed by atoms with Gasteiger partial charge in [0.15, 0.2) is 0 Å². The van der Waals surface area contributed by atoms with Crippen molar-refractivity contribution >= 4 is 15.9 Å². The zero-order valence-electron chi connectivity index (χ0n) is 15.5. The first-order chi connectivity index (χ1) is 11.6. The van der Waals surface area contributed by atoms with Gasteiger partial charge >= 0.3 is 0 Å². The van der Waals surface area contributed by atoms with Crippen LogP contribution in [0.5, 0.6) is 0 Å². The number of hydrogen-bond acceptors (Lipinski definition) is 4. The van der Waals surface area contributed by atoms with Crippen LogP contribution in [0.3, 0.4) is 0 Å². The van der Waals surface area contributed by atoms with Gasteiger partial charge in [-0.15, -0.1) is 0 Å². The van der Waals surface area contributed by atoms with E-state index in [1.807, 2.05) is 34.6 Å². The van der Waals surface area contributed by atoms with E-state index in [-0.39, 0.29) is 29.1 Å². The zero-order chi connectivity index (χ0) is 18.8. The van der Waals surface area contributed by atoms with Crippen molar-refractivity contribution in [1.82, 2.24) is 9.62 Å². The number of carbonyl (C=O) groups is 1. The van der Waals surface area contributed by atoms with Crippen LogP contribution >= 0.6 is 0 Å². The van der Waals surface area contributed by atoms with Crippen LogP contribution in [0.4, 0.5) is 0 Å². The molecule has 6 nitrogen and oxygen atoms in total. The van der Waals surface area contributed by atoms with Gasteiger partial charge in [-0.2, -0.15) is 4.31 Å². The second-order valence-corrected chi connectivity index (χ2v) is 9.05. The second-order valence-electron chi connectivity index (χ2n) is 7.11. The first kappa shape index (κ1) is 19.9. The minimum absolute atomic E-state index is 0.00806. The Kier molecular flexibility index (Phi) is 6.24. The van der Waals surface area contributed by atoms with E-state index in [9.17, 15) is 13.2 Å². The van der Waals surface area contributed by atoms with Crippen LogP contribution in [0.25, 0.3) is 0 Å². The number of nitrogens with one attached hydrogen (secondary N) is 1. The number of hydrogen-bond donors (Lipinski definition) is 1. The summed E-state index contributed by atoms with van der Waals surface area (Å²) in [4.78, 5) is 12.5. The number of ether oxygens (including phenoxy) is 1. The van der Waals surface area contributed by atoms with Crippen molar-refractivity contribution in [2.75, 3.05) is 13.1 Å². The third-order valence-corrected chi connectivity index (χ3v) is 6.31. The van der Waals surface area contributed by atoms with Gasteiger partial charge in [0.2, 0.25) is 10.0 Å². The quantitative estimate of drug-likeness (QED) is 0.865. The van der Waals surface area contributed by atoms with Crippen LogP contribution in [0.15, 0.2) is 29.2 Å². The molecular formula is C18H28N2O4S. The van der Waals surface area contributed by atoms with E-state index in [1.54, 1.807) is 12.1 Å². The molecule has 0 radical (unpaired) electrons. The number of rotatable bonds is 5. The fraction of sp³-hybridized carbons (Fsp3) is 0.611. The Bertz CT molecular complexity index is 708. The molecular weight excluding hydrogens is 340 g/mol. The summed E-state index contributed by atoms with van der Waals surface area (Å²) in [5.74, 6) is 0.0363. The maximum atomic E-state index is 12.9. The lowest BCUT2D eigenvalue weighted by Crippen LogP contribution is -2.48. The fourth-order valence-corrected chi connectivity index (χ4v) is 4.37. The van der Waals surface area contributed by atoms with Crippen molar-refractivity contribution < 1.29 is 17.9 Å². The largest absolute Gasteiger partial charge is 0.373 e. The molecule has 25 heavy (non-hydrogen) atoms. The van der Waals surface area contributed by atoms with Crippen molar-refractivity contribution in [3.63, 3.8) is 0 Å². The second kappa shape index (κ2) is 7.85. The number of carbonyl (C=O) groups excluding carboxylic acids is 1. The molecule has 1 fully saturated rings. The molecule has 1 amide bonds. The number of amides is 1. The van der Waals surface area contributed by atoms with Gasteiger partial charge in [0.25, 0.3) is 5.91 Å². The molecule has 3 atom stereocenters. The Hall–Kier alpha value is -1.44. The average Bonchev–Trinajstić information content (AvgIpc) is 2.53. The Labute approximate surface area is 150 Å². The number of morpholine rings is 1. The molecule has 1 saturated heterocycles. The predicted octanol–water partition coefficient (Wildman–Crippen LogP) is 2.26. The standard InChI is InChI=1S/C18H28N2O4S/c1-12(2)15(5)19-18(21)16-7-6-8-17(9-16)25(22,23)20-10-13(3)24-14(4)11-20/h6-9,12-15H,10-11H2,1-5H3,(H,19,21). The van der Waals surface area contributed by atoms with Gasteiger partial charge in [-0.05, 0) is 44.9 Å². The molecule has 1 aliphatic rings. The molecule has 1 aliphatic heterocycles. The smallest absolute Gasteiger partial charge is 0.251 e. The van der Waals surface area contributed by atoms with E-state index in [4.69, 9.17) is 4.74 Å². The van der Waals surface area contributed by atoms with Gasteiger partial charge in [-0.3, -0.25) is 4.79 Å². The van der Waals surface area contributed by atoms with Crippen LogP contribution in [0.2, 0.25) is 0 Å². The SMILES string of the molecule is CC1CN(S(=O)(=O)c2cccc(C(=O)NC(C)C(C)C)c2)CC(C)O1. The molecule has 0 saturated carbocycles. The number of nitrogens with zero attached hydrogens (tertiary/aromatic N) is 1. The van der Waals surface area contributed by atoms with Gasteiger partial charge in [-0.1, -0.05) is 19.9 Å². The summed E-state index contributed by atoms with van der Waals surface area (Å²) in [6.45, 7) is 10.3. The summed E-state index contributed by atoms with van der Waals surface area (Å²) in [6, 6.07) is 6.22. The highest BCUT2D eigenvalue weighted by Crippen LogP contribution is 2.22. The van der Waals surface area contributed by atoms with Crippen LogP contribution in [-0.4, -0.2) is 50.0 Å². The monoisotopic (exact) mass is 368 g/mol. The van der Waals surface area contributed by atoms with Crippen LogP contribution in [-0.2, 0) is 14.8 Å². The lowest BCUT2D eigenvalue weighted by atomic mass is 10.1. The van der Waals surface area contributed by atoms with Gasteiger partial charge in [0.05, 0.1) is 17.1 Å². The van der Waals surface area contributed by atoms with Crippen LogP contribution < -0.4 is 5.32 Å². The lowest BCUT2D eigenvalue weighted by molar-refractivity contribution is -0.0440. The van der Waals surface area contributed by atoms with E-state index in [2.05, 4.69) is 5.32 Å². The zero-order valence-corrected chi connectivity index (χ0v) is 16.3. The van der Waals surface area contributed by atoms with Gasteiger partial charge in [0, 0.05) is 24.7 Å². The Morgan fingerprint density at radius 1 is 1.20 bits per heavy atom. The van der Waals surface area contributed by atoms with Crippen LogP contribution in [0, 0.1) is 5.92 Å². The summed E-state index contributed by atoms with van der Waals surface area (Å²) in [5, 5.41) is 2.90. The number of benzene rings is 1. The Morgan fingerprint density at radius 3 is 2.36 bits per heavy atom. The highest BCUT2D eigenvalue weighted by Gasteiger charge is 2.32. The molecule has 1 aromatic carbocycles. The first-order valence-electron chi connectivity index (χ1n) is 8.67. The summed E-state index contributed by atoms with van der Waals surface area (Å²) in [5.41, 5.74) is 0.350. The molecule has 0 bridgehead atoms. The van der Waals surface area contributed by atoms with Crippen molar-refractivity contribution in [3.05, 3.63) is 29.8 Å². The van der Waals surface area contributed by atoms with E-state index < -0.39 is 10.0 Å². The van der Waals surface area contributed by atoms with Gasteiger partial charge in [-0.25, -0.2) is 8.42 Å². The maximum absolute atomic E-state index is 12.9. The summed E-state index contributed by atoms with van der Waals surface area (Å²) in [7, 11) is -3.66. The van der Waals surface area contributed by atoms with E-state index in [0.29, 0.717) is 24.6 Å². The molecule has 3 unspecified atom stereocenters. The fourth-order valence-electron chi connectivity index (χ4n) is 2.73. The molecule has 1 N–H and O–H groups in total.